The third-order valence-electron chi connectivity index (χ3n) is 4.04. The Balaban J connectivity index is 2.04. The SMILES string of the molecule is CC1CCCC(N(C)c2ccc(CN)cc2)C1. The Morgan fingerprint density at radius 1 is 1.24 bits per heavy atom. The summed E-state index contributed by atoms with van der Waals surface area (Å²) < 4.78 is 0. The topological polar surface area (TPSA) is 29.3 Å². The summed E-state index contributed by atoms with van der Waals surface area (Å²) >= 11 is 0. The molecule has 1 aliphatic carbocycles. The molecule has 1 fully saturated rings. The maximum absolute atomic E-state index is 5.62. The Bertz CT molecular complexity index is 344. The second-order valence-electron chi connectivity index (χ2n) is 5.41. The summed E-state index contributed by atoms with van der Waals surface area (Å²) in [6, 6.07) is 9.38. The van der Waals surface area contributed by atoms with Gasteiger partial charge in [0.05, 0.1) is 0 Å². The molecule has 2 heteroatoms. The number of hydrogen-bond acceptors (Lipinski definition) is 2. The van der Waals surface area contributed by atoms with E-state index in [-0.39, 0.29) is 0 Å². The molecule has 0 saturated heterocycles. The Kier molecular flexibility index (Phi) is 4.06. The van der Waals surface area contributed by atoms with Crippen molar-refractivity contribution < 1.29 is 0 Å². The van der Waals surface area contributed by atoms with Crippen LogP contribution in [0.2, 0.25) is 0 Å². The largest absolute Gasteiger partial charge is 0.372 e. The molecule has 0 heterocycles. The van der Waals surface area contributed by atoms with Gasteiger partial charge in [-0.3, -0.25) is 0 Å². The predicted molar refractivity (Wildman–Crippen MR) is 74.2 cm³/mol. The maximum atomic E-state index is 5.62. The molecule has 1 aliphatic rings. The van der Waals surface area contributed by atoms with Crippen LogP contribution in [0.1, 0.15) is 38.2 Å². The molecule has 0 amide bonds. The van der Waals surface area contributed by atoms with E-state index in [0.717, 1.165) is 5.92 Å². The molecule has 0 spiro atoms. The standard InChI is InChI=1S/C15H24N2/c1-12-4-3-5-15(10-12)17(2)14-8-6-13(11-16)7-9-14/h6-9,12,15H,3-5,10-11,16H2,1-2H3. The second kappa shape index (κ2) is 5.54. The highest BCUT2D eigenvalue weighted by Crippen LogP contribution is 2.29. The van der Waals surface area contributed by atoms with Crippen LogP contribution in [0.4, 0.5) is 5.69 Å². The van der Waals surface area contributed by atoms with Crippen molar-refractivity contribution in [3.8, 4) is 0 Å². The first-order valence-electron chi connectivity index (χ1n) is 6.72. The molecule has 0 bridgehead atoms. The van der Waals surface area contributed by atoms with E-state index in [9.17, 15) is 0 Å². The van der Waals surface area contributed by atoms with Crippen LogP contribution in [0.5, 0.6) is 0 Å². The van der Waals surface area contributed by atoms with Gasteiger partial charge in [0.15, 0.2) is 0 Å². The lowest BCUT2D eigenvalue weighted by molar-refractivity contribution is 0.336. The van der Waals surface area contributed by atoms with Crippen LogP contribution in [0, 0.1) is 5.92 Å². The zero-order chi connectivity index (χ0) is 12.3. The van der Waals surface area contributed by atoms with Crippen molar-refractivity contribution in [1.29, 1.82) is 0 Å². The van der Waals surface area contributed by atoms with Crippen molar-refractivity contribution in [3.63, 3.8) is 0 Å². The van der Waals surface area contributed by atoms with E-state index in [0.29, 0.717) is 12.6 Å². The molecule has 94 valence electrons. The van der Waals surface area contributed by atoms with Crippen LogP contribution in [0.3, 0.4) is 0 Å². The monoisotopic (exact) mass is 232 g/mol. The van der Waals surface area contributed by atoms with Gasteiger partial charge in [-0.2, -0.15) is 0 Å². The van der Waals surface area contributed by atoms with E-state index in [2.05, 4.69) is 43.1 Å². The first-order chi connectivity index (χ1) is 8.20. The summed E-state index contributed by atoms with van der Waals surface area (Å²) in [6.45, 7) is 3.00. The van der Waals surface area contributed by atoms with Crippen LogP contribution < -0.4 is 10.6 Å². The van der Waals surface area contributed by atoms with E-state index < -0.39 is 0 Å². The van der Waals surface area contributed by atoms with Gasteiger partial charge >= 0.3 is 0 Å². The summed E-state index contributed by atoms with van der Waals surface area (Å²) in [5.41, 5.74) is 8.15. The predicted octanol–water partition coefficient (Wildman–Crippen LogP) is 3.16. The fourth-order valence-corrected chi connectivity index (χ4v) is 2.83. The molecule has 2 unspecified atom stereocenters. The zero-order valence-electron chi connectivity index (χ0n) is 11.0. The lowest BCUT2D eigenvalue weighted by Crippen LogP contribution is -2.35. The summed E-state index contributed by atoms with van der Waals surface area (Å²) in [5, 5.41) is 0. The van der Waals surface area contributed by atoms with Gasteiger partial charge in [0.1, 0.15) is 0 Å². The molecule has 0 radical (unpaired) electrons. The highest BCUT2D eigenvalue weighted by molar-refractivity contribution is 5.47. The Hall–Kier alpha value is -1.02. The number of anilines is 1. The molecule has 2 nitrogen and oxygen atoms in total. The molecule has 0 aliphatic heterocycles. The summed E-state index contributed by atoms with van der Waals surface area (Å²) in [7, 11) is 2.22. The maximum Gasteiger partial charge on any atom is 0.0366 e. The van der Waals surface area contributed by atoms with Gasteiger partial charge in [0, 0.05) is 25.3 Å². The Morgan fingerprint density at radius 3 is 2.53 bits per heavy atom. The molecule has 17 heavy (non-hydrogen) atoms. The fraction of sp³-hybridized carbons (Fsp3) is 0.600. The smallest absolute Gasteiger partial charge is 0.0366 e. The molecule has 1 aromatic carbocycles. The lowest BCUT2D eigenvalue weighted by atomic mass is 9.86. The van der Waals surface area contributed by atoms with Gasteiger partial charge in [-0.25, -0.2) is 0 Å². The van der Waals surface area contributed by atoms with Crippen LogP contribution in [0.25, 0.3) is 0 Å². The Labute approximate surface area is 105 Å². The third-order valence-corrected chi connectivity index (χ3v) is 4.04. The average molecular weight is 232 g/mol. The number of benzene rings is 1. The van der Waals surface area contributed by atoms with Crippen LogP contribution >= 0.6 is 0 Å². The van der Waals surface area contributed by atoms with Gasteiger partial charge in [-0.1, -0.05) is 31.9 Å². The summed E-state index contributed by atoms with van der Waals surface area (Å²) in [5.74, 6) is 0.875. The fourth-order valence-electron chi connectivity index (χ4n) is 2.83. The van der Waals surface area contributed by atoms with E-state index >= 15 is 0 Å². The van der Waals surface area contributed by atoms with E-state index in [4.69, 9.17) is 5.73 Å². The van der Waals surface area contributed by atoms with Crippen molar-refractivity contribution >= 4 is 5.69 Å². The second-order valence-corrected chi connectivity index (χ2v) is 5.41. The molecule has 1 saturated carbocycles. The van der Waals surface area contributed by atoms with Gasteiger partial charge < -0.3 is 10.6 Å². The molecule has 2 atom stereocenters. The van der Waals surface area contributed by atoms with Crippen LogP contribution in [-0.4, -0.2) is 13.1 Å². The molecular formula is C15H24N2. The van der Waals surface area contributed by atoms with Gasteiger partial charge in [0.2, 0.25) is 0 Å². The molecule has 2 N–H and O–H groups in total. The minimum absolute atomic E-state index is 0.629. The highest BCUT2D eigenvalue weighted by atomic mass is 15.1. The number of rotatable bonds is 3. The van der Waals surface area contributed by atoms with Crippen molar-refractivity contribution in [2.45, 2.75) is 45.2 Å². The quantitative estimate of drug-likeness (QED) is 0.867. The van der Waals surface area contributed by atoms with E-state index in [1.165, 1.54) is 36.9 Å². The molecule has 0 aromatic heterocycles. The van der Waals surface area contributed by atoms with E-state index in [1.54, 1.807) is 0 Å². The number of hydrogen-bond donors (Lipinski definition) is 1. The minimum atomic E-state index is 0.629. The number of nitrogens with zero attached hydrogens (tertiary/aromatic N) is 1. The highest BCUT2D eigenvalue weighted by Gasteiger charge is 2.22. The Morgan fingerprint density at radius 2 is 1.94 bits per heavy atom. The van der Waals surface area contributed by atoms with E-state index in [1.807, 2.05) is 0 Å². The first kappa shape index (κ1) is 12.4. The third kappa shape index (κ3) is 3.01. The van der Waals surface area contributed by atoms with Crippen LogP contribution in [-0.2, 0) is 6.54 Å². The molecular weight excluding hydrogens is 208 g/mol. The van der Waals surface area contributed by atoms with Crippen LogP contribution in [0.15, 0.2) is 24.3 Å². The first-order valence-corrected chi connectivity index (χ1v) is 6.72. The van der Waals surface area contributed by atoms with Gasteiger partial charge in [-0.05, 0) is 36.5 Å². The van der Waals surface area contributed by atoms with Gasteiger partial charge in [-0.15, -0.1) is 0 Å². The van der Waals surface area contributed by atoms with Crippen molar-refractivity contribution in [2.24, 2.45) is 11.7 Å². The molecule has 1 aromatic rings. The summed E-state index contributed by atoms with van der Waals surface area (Å²) in [6.07, 6.45) is 5.43. The van der Waals surface area contributed by atoms with Crippen molar-refractivity contribution in [2.75, 3.05) is 11.9 Å². The normalized spacial score (nSPS) is 24.6. The number of nitrogens with two attached hydrogens (primary N) is 1. The lowest BCUT2D eigenvalue weighted by Gasteiger charge is -2.35. The van der Waals surface area contributed by atoms with Crippen molar-refractivity contribution in [3.05, 3.63) is 29.8 Å². The minimum Gasteiger partial charge on any atom is -0.372 e. The average Bonchev–Trinajstić information content (AvgIpc) is 2.38. The zero-order valence-corrected chi connectivity index (χ0v) is 11.0. The van der Waals surface area contributed by atoms with Crippen molar-refractivity contribution in [1.82, 2.24) is 0 Å². The summed E-state index contributed by atoms with van der Waals surface area (Å²) in [4.78, 5) is 2.44. The van der Waals surface area contributed by atoms with Gasteiger partial charge in [0.25, 0.3) is 0 Å². The molecule has 2 rings (SSSR count).